The molecule has 0 saturated carbocycles. The van der Waals surface area contributed by atoms with Gasteiger partial charge in [0.15, 0.2) is 0 Å². The predicted molar refractivity (Wildman–Crippen MR) is 73.9 cm³/mol. The van der Waals surface area contributed by atoms with E-state index in [1.165, 1.54) is 0 Å². The first-order valence-corrected chi connectivity index (χ1v) is 6.50. The Morgan fingerprint density at radius 1 is 1.26 bits per heavy atom. The second-order valence-electron chi connectivity index (χ2n) is 4.79. The quantitative estimate of drug-likeness (QED) is 0.811. The second kappa shape index (κ2) is 5.69. The lowest BCUT2D eigenvalue weighted by atomic mass is 9.96. The van der Waals surface area contributed by atoms with Crippen LogP contribution in [0.5, 0.6) is 0 Å². The van der Waals surface area contributed by atoms with E-state index in [0.717, 1.165) is 12.0 Å². The molecule has 1 aliphatic heterocycles. The Hall–Kier alpha value is -2.10. The van der Waals surface area contributed by atoms with Gasteiger partial charge in [0.2, 0.25) is 5.91 Å². The first kappa shape index (κ1) is 13.3. The molecule has 2 N–H and O–H groups in total. The lowest BCUT2D eigenvalue weighted by Gasteiger charge is -2.28. The van der Waals surface area contributed by atoms with Crippen LogP contribution in [0.15, 0.2) is 36.0 Å². The van der Waals surface area contributed by atoms with E-state index in [4.69, 9.17) is 0 Å². The minimum atomic E-state index is -0.439. The van der Waals surface area contributed by atoms with Crippen molar-refractivity contribution in [1.82, 2.24) is 10.6 Å². The topological polar surface area (TPSA) is 58.2 Å². The van der Waals surface area contributed by atoms with E-state index in [9.17, 15) is 9.59 Å². The average molecular weight is 258 g/mol. The molecule has 0 unspecified atom stereocenters. The third kappa shape index (κ3) is 3.02. The van der Waals surface area contributed by atoms with Gasteiger partial charge in [0.05, 0.1) is 0 Å². The molecule has 1 saturated heterocycles. The maximum atomic E-state index is 12.0. The van der Waals surface area contributed by atoms with Crippen molar-refractivity contribution in [2.45, 2.75) is 26.3 Å². The first-order valence-electron chi connectivity index (χ1n) is 6.50. The SMILES string of the molecule is CC[C@@H](C)[C@H]1NC(=O)C(=Cc2ccccc2)NC1=O. The first-order chi connectivity index (χ1) is 9.11. The summed E-state index contributed by atoms with van der Waals surface area (Å²) in [7, 11) is 0. The summed E-state index contributed by atoms with van der Waals surface area (Å²) in [6, 6.07) is 9.00. The number of rotatable bonds is 3. The van der Waals surface area contributed by atoms with Crippen LogP contribution in [-0.4, -0.2) is 17.9 Å². The number of hydrogen-bond acceptors (Lipinski definition) is 2. The third-order valence-electron chi connectivity index (χ3n) is 3.40. The third-order valence-corrected chi connectivity index (χ3v) is 3.40. The minimum Gasteiger partial charge on any atom is -0.339 e. The van der Waals surface area contributed by atoms with Crippen LogP contribution in [-0.2, 0) is 9.59 Å². The van der Waals surface area contributed by atoms with Gasteiger partial charge in [-0.3, -0.25) is 9.59 Å². The van der Waals surface area contributed by atoms with Crippen molar-refractivity contribution in [2.24, 2.45) is 5.92 Å². The highest BCUT2D eigenvalue weighted by molar-refractivity contribution is 6.07. The molecule has 2 atom stereocenters. The van der Waals surface area contributed by atoms with Crippen molar-refractivity contribution in [2.75, 3.05) is 0 Å². The molecule has 2 amide bonds. The van der Waals surface area contributed by atoms with Gasteiger partial charge in [-0.15, -0.1) is 0 Å². The Labute approximate surface area is 112 Å². The molecule has 1 aliphatic rings. The van der Waals surface area contributed by atoms with Gasteiger partial charge in [0.25, 0.3) is 5.91 Å². The molecule has 1 aromatic rings. The van der Waals surface area contributed by atoms with Gasteiger partial charge in [-0.25, -0.2) is 0 Å². The molecular formula is C15H18N2O2. The summed E-state index contributed by atoms with van der Waals surface area (Å²) in [5.74, 6) is -0.243. The second-order valence-corrected chi connectivity index (χ2v) is 4.79. The van der Waals surface area contributed by atoms with E-state index in [2.05, 4.69) is 10.6 Å². The molecule has 0 radical (unpaired) electrons. The molecule has 1 aromatic carbocycles. The molecule has 0 spiro atoms. The van der Waals surface area contributed by atoms with Crippen molar-refractivity contribution in [1.29, 1.82) is 0 Å². The van der Waals surface area contributed by atoms with Gasteiger partial charge in [0, 0.05) is 0 Å². The molecule has 2 rings (SSSR count). The van der Waals surface area contributed by atoms with Gasteiger partial charge in [-0.2, -0.15) is 0 Å². The standard InChI is InChI=1S/C15H18N2O2/c1-3-10(2)13-15(19)16-12(14(18)17-13)9-11-7-5-4-6-8-11/h4-10,13H,3H2,1-2H3,(H,16,19)(H,17,18)/t10-,13-/m1/s1. The Morgan fingerprint density at radius 3 is 2.58 bits per heavy atom. The Kier molecular flexibility index (Phi) is 4.00. The summed E-state index contributed by atoms with van der Waals surface area (Å²) in [6.45, 7) is 3.95. The molecule has 1 fully saturated rings. The van der Waals surface area contributed by atoms with Gasteiger partial charge in [-0.1, -0.05) is 50.6 Å². The van der Waals surface area contributed by atoms with Gasteiger partial charge >= 0.3 is 0 Å². The lowest BCUT2D eigenvalue weighted by Crippen LogP contribution is -2.57. The van der Waals surface area contributed by atoms with Crippen LogP contribution in [0.3, 0.4) is 0 Å². The van der Waals surface area contributed by atoms with E-state index in [-0.39, 0.29) is 17.7 Å². The van der Waals surface area contributed by atoms with Crippen LogP contribution >= 0.6 is 0 Å². The molecule has 0 aromatic heterocycles. The summed E-state index contributed by atoms with van der Waals surface area (Å²) >= 11 is 0. The number of hydrogen-bond donors (Lipinski definition) is 2. The van der Waals surface area contributed by atoms with E-state index < -0.39 is 6.04 Å². The number of benzene rings is 1. The number of nitrogens with one attached hydrogen (secondary N) is 2. The molecule has 0 aliphatic carbocycles. The summed E-state index contributed by atoms with van der Waals surface area (Å²) in [5, 5.41) is 5.46. The van der Waals surface area contributed by atoms with Crippen LogP contribution in [0.4, 0.5) is 0 Å². The molecule has 19 heavy (non-hydrogen) atoms. The Bertz CT molecular complexity index is 508. The fourth-order valence-corrected chi connectivity index (χ4v) is 2.01. The van der Waals surface area contributed by atoms with E-state index >= 15 is 0 Å². The van der Waals surface area contributed by atoms with E-state index in [1.54, 1.807) is 6.08 Å². The van der Waals surface area contributed by atoms with Crippen LogP contribution in [0.25, 0.3) is 6.08 Å². The lowest BCUT2D eigenvalue weighted by molar-refractivity contribution is -0.132. The van der Waals surface area contributed by atoms with Gasteiger partial charge in [0.1, 0.15) is 11.7 Å². The minimum absolute atomic E-state index is 0.127. The fourth-order valence-electron chi connectivity index (χ4n) is 2.01. The van der Waals surface area contributed by atoms with Crippen LogP contribution < -0.4 is 10.6 Å². The number of piperazine rings is 1. The molecule has 0 bridgehead atoms. The zero-order chi connectivity index (χ0) is 13.8. The van der Waals surface area contributed by atoms with Crippen molar-refractivity contribution in [3.8, 4) is 0 Å². The predicted octanol–water partition coefficient (Wildman–Crippen LogP) is 1.69. The summed E-state index contributed by atoms with van der Waals surface area (Å²) in [6.07, 6.45) is 2.52. The highest BCUT2D eigenvalue weighted by Crippen LogP contribution is 2.14. The summed E-state index contributed by atoms with van der Waals surface area (Å²) in [4.78, 5) is 24.0. The maximum Gasteiger partial charge on any atom is 0.268 e. The van der Waals surface area contributed by atoms with Crippen molar-refractivity contribution >= 4 is 17.9 Å². The number of amides is 2. The summed E-state index contributed by atoms with van der Waals surface area (Å²) in [5.41, 5.74) is 1.19. The van der Waals surface area contributed by atoms with Gasteiger partial charge in [-0.05, 0) is 17.6 Å². The van der Waals surface area contributed by atoms with E-state index in [1.807, 2.05) is 44.2 Å². The average Bonchev–Trinajstić information content (AvgIpc) is 2.43. The number of carbonyl (C=O) groups excluding carboxylic acids is 2. The van der Waals surface area contributed by atoms with Crippen LogP contribution in [0.2, 0.25) is 0 Å². The molecule has 100 valence electrons. The maximum absolute atomic E-state index is 12.0. The number of carbonyl (C=O) groups is 2. The van der Waals surface area contributed by atoms with Crippen molar-refractivity contribution < 1.29 is 9.59 Å². The smallest absolute Gasteiger partial charge is 0.268 e. The fraction of sp³-hybridized carbons (Fsp3) is 0.333. The largest absolute Gasteiger partial charge is 0.339 e. The molecule has 4 nitrogen and oxygen atoms in total. The molecule has 4 heteroatoms. The van der Waals surface area contributed by atoms with Crippen molar-refractivity contribution in [3.05, 3.63) is 41.6 Å². The Morgan fingerprint density at radius 2 is 1.95 bits per heavy atom. The zero-order valence-corrected chi connectivity index (χ0v) is 11.1. The Balaban J connectivity index is 2.17. The normalized spacial score (nSPS) is 22.8. The molecular weight excluding hydrogens is 240 g/mol. The van der Waals surface area contributed by atoms with Crippen LogP contribution in [0.1, 0.15) is 25.8 Å². The van der Waals surface area contributed by atoms with E-state index in [0.29, 0.717) is 5.70 Å². The van der Waals surface area contributed by atoms with Gasteiger partial charge < -0.3 is 10.6 Å². The highest BCUT2D eigenvalue weighted by atomic mass is 16.2. The summed E-state index contributed by atoms with van der Waals surface area (Å²) < 4.78 is 0. The zero-order valence-electron chi connectivity index (χ0n) is 11.1. The van der Waals surface area contributed by atoms with Crippen LogP contribution in [0, 0.1) is 5.92 Å². The van der Waals surface area contributed by atoms with Crippen molar-refractivity contribution in [3.63, 3.8) is 0 Å². The monoisotopic (exact) mass is 258 g/mol. The molecule has 1 heterocycles. The highest BCUT2D eigenvalue weighted by Gasteiger charge is 2.32.